The molecule has 8 heteroatoms. The lowest BCUT2D eigenvalue weighted by molar-refractivity contribution is -0.159. The second kappa shape index (κ2) is 7.50. The maximum atomic E-state index is 11.6. The van der Waals surface area contributed by atoms with Crippen LogP contribution in [0.5, 0.6) is 11.5 Å². The zero-order chi connectivity index (χ0) is 18.5. The lowest BCUT2D eigenvalue weighted by Gasteiger charge is -2.24. The van der Waals surface area contributed by atoms with Gasteiger partial charge < -0.3 is 19.7 Å². The van der Waals surface area contributed by atoms with Crippen LogP contribution in [0.25, 0.3) is 0 Å². The molecule has 0 spiro atoms. The van der Waals surface area contributed by atoms with Crippen LogP contribution in [0.1, 0.15) is 33.3 Å². The Kier molecular flexibility index (Phi) is 6.16. The summed E-state index contributed by atoms with van der Waals surface area (Å²) in [7, 11) is 0. The van der Waals surface area contributed by atoms with Gasteiger partial charge in [-0.1, -0.05) is 6.07 Å². The van der Waals surface area contributed by atoms with Gasteiger partial charge in [-0.15, -0.1) is 0 Å². The number of benzene rings is 1. The van der Waals surface area contributed by atoms with Crippen LogP contribution in [0.3, 0.4) is 0 Å². The summed E-state index contributed by atoms with van der Waals surface area (Å²) < 4.78 is 10.2. The zero-order valence-electron chi connectivity index (χ0n) is 14.3. The molecule has 5 N–H and O–H groups in total. The van der Waals surface area contributed by atoms with Crippen molar-refractivity contribution < 1.29 is 29.3 Å². The first-order chi connectivity index (χ1) is 11.0. The van der Waals surface area contributed by atoms with Crippen molar-refractivity contribution in [3.05, 3.63) is 23.8 Å². The molecule has 1 unspecified atom stereocenters. The van der Waals surface area contributed by atoms with Crippen molar-refractivity contribution >= 4 is 11.9 Å². The van der Waals surface area contributed by atoms with Gasteiger partial charge in [0.25, 0.3) is 0 Å². The first kappa shape index (κ1) is 19.7. The fraction of sp³-hybridized carbons (Fsp3) is 0.500. The number of phenolic OH excluding ortho intramolecular Hbond substituents is 1. The molecule has 8 nitrogen and oxygen atoms in total. The van der Waals surface area contributed by atoms with Gasteiger partial charge >= 0.3 is 11.9 Å². The van der Waals surface area contributed by atoms with Gasteiger partial charge in [0, 0.05) is 6.42 Å². The largest absolute Gasteiger partial charge is 0.504 e. The molecule has 0 aliphatic rings. The average Bonchev–Trinajstić information content (AvgIpc) is 2.48. The molecule has 0 fully saturated rings. The summed E-state index contributed by atoms with van der Waals surface area (Å²) in [5.74, 6) is 3.68. The number of carbonyl (C=O) groups excluding carboxylic acids is 1. The quantitative estimate of drug-likeness (QED) is 0.252. The summed E-state index contributed by atoms with van der Waals surface area (Å²) in [4.78, 5) is 22.8. The Bertz CT molecular complexity index is 611. The Morgan fingerprint density at radius 1 is 1.25 bits per heavy atom. The number of ether oxygens (including phenoxy) is 2. The number of phenols is 1. The van der Waals surface area contributed by atoms with E-state index in [1.807, 2.05) is 0 Å². The van der Waals surface area contributed by atoms with Crippen LogP contribution in [-0.4, -0.2) is 34.5 Å². The first-order valence-corrected chi connectivity index (χ1v) is 7.32. The van der Waals surface area contributed by atoms with E-state index in [1.165, 1.54) is 19.1 Å². The molecular weight excluding hydrogens is 316 g/mol. The van der Waals surface area contributed by atoms with Crippen LogP contribution in [0.15, 0.2) is 18.2 Å². The third-order valence-electron chi connectivity index (χ3n) is 3.39. The van der Waals surface area contributed by atoms with E-state index in [0.717, 1.165) is 0 Å². The topological polar surface area (TPSA) is 131 Å². The minimum Gasteiger partial charge on any atom is -0.504 e. The molecule has 1 atom stereocenters. The molecular formula is C16H24N2O6. The third kappa shape index (κ3) is 5.10. The number of hydrazine groups is 1. The second-order valence-corrected chi connectivity index (χ2v) is 6.70. The number of nitrogens with one attached hydrogen (secondary N) is 1. The van der Waals surface area contributed by atoms with Gasteiger partial charge in [-0.2, -0.15) is 0 Å². The van der Waals surface area contributed by atoms with Crippen LogP contribution in [0, 0.1) is 5.41 Å². The Labute approximate surface area is 140 Å². The second-order valence-electron chi connectivity index (χ2n) is 6.70. The van der Waals surface area contributed by atoms with Crippen molar-refractivity contribution in [1.29, 1.82) is 0 Å². The van der Waals surface area contributed by atoms with Crippen LogP contribution >= 0.6 is 0 Å². The lowest BCUT2D eigenvalue weighted by atomic mass is 9.93. The van der Waals surface area contributed by atoms with Gasteiger partial charge in [-0.05, 0) is 45.4 Å². The summed E-state index contributed by atoms with van der Waals surface area (Å²) in [6, 6.07) is 4.44. The molecule has 0 bridgehead atoms. The Balaban J connectivity index is 2.72. The fourth-order valence-electron chi connectivity index (χ4n) is 1.75. The van der Waals surface area contributed by atoms with Crippen LogP contribution in [0.2, 0.25) is 0 Å². The lowest BCUT2D eigenvalue weighted by Crippen LogP contribution is -2.54. The van der Waals surface area contributed by atoms with Crippen molar-refractivity contribution in [1.82, 2.24) is 5.43 Å². The van der Waals surface area contributed by atoms with E-state index in [0.29, 0.717) is 5.56 Å². The molecule has 0 radical (unpaired) electrons. The third-order valence-corrected chi connectivity index (χ3v) is 3.39. The highest BCUT2D eigenvalue weighted by atomic mass is 16.7. The molecule has 0 amide bonds. The van der Waals surface area contributed by atoms with E-state index in [-0.39, 0.29) is 24.7 Å². The SMILES string of the molecule is CC(C)(C)C(=O)OCOc1ccc(CC(C)(NN)C(=O)O)cc1O. The summed E-state index contributed by atoms with van der Waals surface area (Å²) in [6.07, 6.45) is 0.0612. The number of nitrogens with two attached hydrogens (primary N) is 1. The van der Waals surface area contributed by atoms with Crippen molar-refractivity contribution in [2.24, 2.45) is 11.3 Å². The number of esters is 1. The predicted octanol–water partition coefficient (Wildman–Crippen LogP) is 1.17. The molecule has 1 aromatic rings. The standard InChI is InChI=1S/C16H24N2O6/c1-15(2,3)14(22)24-9-23-12-6-5-10(7-11(12)19)8-16(4,18-17)13(20)21/h5-7,18-19H,8-9,17H2,1-4H3,(H,20,21). The van der Waals surface area contributed by atoms with Gasteiger partial charge in [-0.25, -0.2) is 5.43 Å². The van der Waals surface area contributed by atoms with E-state index in [9.17, 15) is 19.8 Å². The van der Waals surface area contributed by atoms with E-state index in [2.05, 4.69) is 5.43 Å². The number of hydrogen-bond donors (Lipinski definition) is 4. The molecule has 0 aromatic heterocycles. The Hall–Kier alpha value is -2.32. The number of carboxylic acid groups (broad SMARTS) is 1. The van der Waals surface area contributed by atoms with Crippen molar-refractivity contribution in [2.75, 3.05) is 6.79 Å². The van der Waals surface area contributed by atoms with E-state index in [1.54, 1.807) is 26.8 Å². The molecule has 1 aromatic carbocycles. The molecule has 0 aliphatic carbocycles. The predicted molar refractivity (Wildman–Crippen MR) is 86.2 cm³/mol. The number of rotatable bonds is 7. The Morgan fingerprint density at radius 2 is 1.88 bits per heavy atom. The van der Waals surface area contributed by atoms with Crippen LogP contribution in [-0.2, 0) is 20.7 Å². The Morgan fingerprint density at radius 3 is 2.33 bits per heavy atom. The van der Waals surface area contributed by atoms with Crippen molar-refractivity contribution in [2.45, 2.75) is 39.7 Å². The molecule has 0 aliphatic heterocycles. The average molecular weight is 340 g/mol. The van der Waals surface area contributed by atoms with Gasteiger partial charge in [0.05, 0.1) is 5.41 Å². The number of carboxylic acids is 1. The van der Waals surface area contributed by atoms with E-state index < -0.39 is 22.9 Å². The number of hydrogen-bond acceptors (Lipinski definition) is 7. The normalized spacial score (nSPS) is 13.9. The maximum Gasteiger partial charge on any atom is 0.325 e. The summed E-state index contributed by atoms with van der Waals surface area (Å²) >= 11 is 0. The highest BCUT2D eigenvalue weighted by molar-refractivity contribution is 5.78. The number of carbonyl (C=O) groups is 2. The summed E-state index contributed by atoms with van der Waals surface area (Å²) in [5.41, 5.74) is 0.791. The van der Waals surface area contributed by atoms with Gasteiger partial charge in [-0.3, -0.25) is 15.4 Å². The fourth-order valence-corrected chi connectivity index (χ4v) is 1.75. The molecule has 134 valence electrons. The molecule has 0 saturated carbocycles. The van der Waals surface area contributed by atoms with Crippen molar-refractivity contribution in [3.63, 3.8) is 0 Å². The minimum atomic E-state index is -1.36. The van der Waals surface area contributed by atoms with E-state index >= 15 is 0 Å². The smallest absolute Gasteiger partial charge is 0.325 e. The van der Waals surface area contributed by atoms with Crippen molar-refractivity contribution in [3.8, 4) is 11.5 Å². The highest BCUT2D eigenvalue weighted by Crippen LogP contribution is 2.28. The molecule has 0 saturated heterocycles. The van der Waals surface area contributed by atoms with Crippen LogP contribution in [0.4, 0.5) is 0 Å². The molecule has 24 heavy (non-hydrogen) atoms. The zero-order valence-corrected chi connectivity index (χ0v) is 14.3. The van der Waals surface area contributed by atoms with E-state index in [4.69, 9.17) is 15.3 Å². The molecule has 0 heterocycles. The van der Waals surface area contributed by atoms with Gasteiger partial charge in [0.2, 0.25) is 6.79 Å². The first-order valence-electron chi connectivity index (χ1n) is 7.32. The number of aromatic hydroxyl groups is 1. The maximum absolute atomic E-state index is 11.6. The van der Waals surface area contributed by atoms with Gasteiger partial charge in [0.1, 0.15) is 5.54 Å². The number of aliphatic carboxylic acids is 1. The molecule has 1 rings (SSSR count). The monoisotopic (exact) mass is 340 g/mol. The summed E-state index contributed by atoms with van der Waals surface area (Å²) in [5, 5.41) is 19.1. The summed E-state index contributed by atoms with van der Waals surface area (Å²) in [6.45, 7) is 6.24. The van der Waals surface area contributed by atoms with Gasteiger partial charge in [0.15, 0.2) is 11.5 Å². The minimum absolute atomic E-state index is 0.0612. The van der Waals surface area contributed by atoms with Crippen LogP contribution < -0.4 is 16.0 Å². The highest BCUT2D eigenvalue weighted by Gasteiger charge is 2.32.